The van der Waals surface area contributed by atoms with Crippen LogP contribution in [0, 0.1) is 18.7 Å². The summed E-state index contributed by atoms with van der Waals surface area (Å²) in [6.45, 7) is 2.44. The smallest absolute Gasteiger partial charge is 0.319 e. The van der Waals surface area contributed by atoms with Crippen LogP contribution in [0.25, 0.3) is 0 Å². The van der Waals surface area contributed by atoms with E-state index in [1.165, 1.54) is 12.1 Å². The Balaban J connectivity index is 1.41. The maximum Gasteiger partial charge on any atom is 0.319 e. The molecular weight excluding hydrogens is 415 g/mol. The van der Waals surface area contributed by atoms with Gasteiger partial charge in [-0.2, -0.15) is 0 Å². The second-order valence-electron chi connectivity index (χ2n) is 7.64. The van der Waals surface area contributed by atoms with Gasteiger partial charge in [0.2, 0.25) is 11.8 Å². The van der Waals surface area contributed by atoms with E-state index in [0.29, 0.717) is 48.6 Å². The fourth-order valence-corrected chi connectivity index (χ4v) is 3.47. The predicted molar refractivity (Wildman–Crippen MR) is 119 cm³/mol. The largest absolute Gasteiger partial charge is 0.497 e. The number of amides is 4. The third-order valence-corrected chi connectivity index (χ3v) is 5.42. The van der Waals surface area contributed by atoms with Crippen LogP contribution in [0.5, 0.6) is 5.75 Å². The van der Waals surface area contributed by atoms with Crippen molar-refractivity contribution in [2.45, 2.75) is 19.8 Å². The van der Waals surface area contributed by atoms with Crippen LogP contribution in [0.2, 0.25) is 0 Å². The van der Waals surface area contributed by atoms with Crippen LogP contribution in [0.4, 0.5) is 20.6 Å². The third kappa shape index (κ3) is 6.19. The number of rotatable bonds is 6. The fourth-order valence-electron chi connectivity index (χ4n) is 3.47. The molecule has 1 heterocycles. The normalized spacial score (nSPS) is 13.9. The molecule has 0 bridgehead atoms. The minimum absolute atomic E-state index is 0.0785. The van der Waals surface area contributed by atoms with Crippen molar-refractivity contribution in [1.82, 2.24) is 10.2 Å². The lowest BCUT2D eigenvalue weighted by molar-refractivity contribution is -0.133. The van der Waals surface area contributed by atoms with Crippen LogP contribution in [0.3, 0.4) is 0 Å². The second-order valence-corrected chi connectivity index (χ2v) is 7.64. The molecule has 2 aromatic carbocycles. The van der Waals surface area contributed by atoms with Gasteiger partial charge in [0.1, 0.15) is 11.6 Å². The maximum absolute atomic E-state index is 13.3. The van der Waals surface area contributed by atoms with Crippen LogP contribution in [-0.4, -0.2) is 49.5 Å². The molecule has 1 aliphatic heterocycles. The molecule has 0 aliphatic carbocycles. The Kier molecular flexibility index (Phi) is 7.64. The molecule has 1 aliphatic rings. The number of hydrogen-bond acceptors (Lipinski definition) is 4. The van der Waals surface area contributed by atoms with Crippen molar-refractivity contribution in [1.29, 1.82) is 0 Å². The number of aryl methyl sites for hydroxylation is 1. The van der Waals surface area contributed by atoms with Gasteiger partial charge >= 0.3 is 6.03 Å². The van der Waals surface area contributed by atoms with Crippen molar-refractivity contribution in [3.63, 3.8) is 0 Å². The van der Waals surface area contributed by atoms with Gasteiger partial charge in [0, 0.05) is 30.4 Å². The van der Waals surface area contributed by atoms with Crippen molar-refractivity contribution in [2.75, 3.05) is 37.4 Å². The summed E-state index contributed by atoms with van der Waals surface area (Å²) in [5, 5.41) is 7.93. The second kappa shape index (κ2) is 10.6. The van der Waals surface area contributed by atoms with Gasteiger partial charge in [-0.1, -0.05) is 6.07 Å². The number of anilines is 2. The molecule has 0 spiro atoms. The zero-order valence-electron chi connectivity index (χ0n) is 18.1. The summed E-state index contributed by atoms with van der Waals surface area (Å²) in [7, 11) is 1.58. The quantitative estimate of drug-likeness (QED) is 0.640. The summed E-state index contributed by atoms with van der Waals surface area (Å²) in [4.78, 5) is 38.6. The number of piperidine rings is 1. The molecule has 3 rings (SSSR count). The Labute approximate surface area is 186 Å². The van der Waals surface area contributed by atoms with Gasteiger partial charge in [-0.25, -0.2) is 9.18 Å². The summed E-state index contributed by atoms with van der Waals surface area (Å²) >= 11 is 0. The summed E-state index contributed by atoms with van der Waals surface area (Å²) < 4.78 is 18.4. The van der Waals surface area contributed by atoms with Crippen molar-refractivity contribution >= 4 is 29.2 Å². The lowest BCUT2D eigenvalue weighted by Crippen LogP contribution is -2.46. The van der Waals surface area contributed by atoms with E-state index in [9.17, 15) is 18.8 Å². The first-order chi connectivity index (χ1) is 15.4. The molecule has 2 aromatic rings. The molecule has 3 N–H and O–H groups in total. The van der Waals surface area contributed by atoms with Gasteiger partial charge < -0.3 is 25.6 Å². The third-order valence-electron chi connectivity index (χ3n) is 5.42. The molecule has 32 heavy (non-hydrogen) atoms. The van der Waals surface area contributed by atoms with Gasteiger partial charge in [-0.15, -0.1) is 0 Å². The highest BCUT2D eigenvalue weighted by atomic mass is 19.1. The molecule has 0 aromatic heterocycles. The van der Waals surface area contributed by atoms with Gasteiger partial charge in [0.05, 0.1) is 13.7 Å². The van der Waals surface area contributed by atoms with E-state index in [2.05, 4.69) is 16.0 Å². The van der Waals surface area contributed by atoms with Gasteiger partial charge in [-0.3, -0.25) is 9.59 Å². The topological polar surface area (TPSA) is 99.8 Å². The van der Waals surface area contributed by atoms with E-state index >= 15 is 0 Å². The average Bonchev–Trinajstić information content (AvgIpc) is 2.80. The summed E-state index contributed by atoms with van der Waals surface area (Å²) in [6, 6.07) is 10.6. The number of carbonyl (C=O) groups excluding carboxylic acids is 3. The fraction of sp³-hybridized carbons (Fsp3) is 0.348. The van der Waals surface area contributed by atoms with Crippen LogP contribution in [-0.2, 0) is 9.59 Å². The molecule has 0 saturated carbocycles. The summed E-state index contributed by atoms with van der Waals surface area (Å²) in [5.74, 6) is -0.243. The van der Waals surface area contributed by atoms with Crippen molar-refractivity contribution in [3.05, 3.63) is 53.8 Å². The van der Waals surface area contributed by atoms with E-state index in [1.54, 1.807) is 49.3 Å². The first-order valence-corrected chi connectivity index (χ1v) is 10.4. The zero-order chi connectivity index (χ0) is 23.1. The number of hydrogen-bond donors (Lipinski definition) is 3. The number of likely N-dealkylation sites (tertiary alicyclic amines) is 1. The van der Waals surface area contributed by atoms with E-state index in [1.807, 2.05) is 0 Å². The van der Waals surface area contributed by atoms with E-state index in [4.69, 9.17) is 4.74 Å². The van der Waals surface area contributed by atoms with E-state index in [0.717, 1.165) is 0 Å². The number of urea groups is 1. The lowest BCUT2D eigenvalue weighted by Gasteiger charge is -2.31. The Hall–Kier alpha value is -3.62. The average molecular weight is 442 g/mol. The van der Waals surface area contributed by atoms with Crippen LogP contribution < -0.4 is 20.7 Å². The minimum Gasteiger partial charge on any atom is -0.497 e. The number of methoxy groups -OCH3 is 1. The minimum atomic E-state index is -0.583. The number of nitrogens with one attached hydrogen (secondary N) is 3. The number of benzene rings is 2. The summed E-state index contributed by atoms with van der Waals surface area (Å²) in [6.07, 6.45) is 1.09. The Morgan fingerprint density at radius 2 is 1.75 bits per heavy atom. The monoisotopic (exact) mass is 442 g/mol. The first kappa shape index (κ1) is 23.1. The van der Waals surface area contributed by atoms with Crippen LogP contribution in [0.1, 0.15) is 18.4 Å². The van der Waals surface area contributed by atoms with Crippen molar-refractivity contribution in [2.24, 2.45) is 5.92 Å². The SMILES string of the molecule is COc1ccc(NC(=O)C2CCN(C(=O)CNC(=O)Nc3cc(F)ccc3C)CC2)cc1. The Bertz CT molecular complexity index is 972. The Morgan fingerprint density at radius 1 is 1.06 bits per heavy atom. The highest BCUT2D eigenvalue weighted by Gasteiger charge is 2.27. The maximum atomic E-state index is 13.3. The molecule has 0 unspecified atom stereocenters. The van der Waals surface area contributed by atoms with Crippen molar-refractivity contribution in [3.8, 4) is 5.75 Å². The molecule has 1 saturated heterocycles. The molecule has 1 fully saturated rings. The highest BCUT2D eigenvalue weighted by Crippen LogP contribution is 2.21. The number of nitrogens with zero attached hydrogens (tertiary/aromatic N) is 1. The number of halogens is 1. The number of carbonyl (C=O) groups is 3. The molecule has 0 atom stereocenters. The van der Waals surface area contributed by atoms with Gasteiger partial charge in [-0.05, 0) is 61.7 Å². The van der Waals surface area contributed by atoms with Gasteiger partial charge in [0.15, 0.2) is 0 Å². The van der Waals surface area contributed by atoms with Gasteiger partial charge in [0.25, 0.3) is 0 Å². The van der Waals surface area contributed by atoms with E-state index < -0.39 is 11.8 Å². The summed E-state index contributed by atoms with van der Waals surface area (Å²) in [5.41, 5.74) is 1.75. The molecule has 4 amide bonds. The lowest BCUT2D eigenvalue weighted by atomic mass is 9.95. The molecule has 170 valence electrons. The number of ether oxygens (including phenoxy) is 1. The van der Waals surface area contributed by atoms with Crippen molar-refractivity contribution < 1.29 is 23.5 Å². The Morgan fingerprint density at radius 3 is 2.41 bits per heavy atom. The highest BCUT2D eigenvalue weighted by molar-refractivity contribution is 5.94. The first-order valence-electron chi connectivity index (χ1n) is 10.4. The predicted octanol–water partition coefficient (Wildman–Crippen LogP) is 3.14. The molecule has 8 nitrogen and oxygen atoms in total. The molecular formula is C23H27FN4O4. The molecule has 0 radical (unpaired) electrons. The van der Waals surface area contributed by atoms with Crippen LogP contribution in [0.15, 0.2) is 42.5 Å². The zero-order valence-corrected chi connectivity index (χ0v) is 18.1. The standard InChI is InChI=1S/C23H27FN4O4/c1-15-3-4-17(24)13-20(15)27-23(31)25-14-21(29)28-11-9-16(10-12-28)22(30)26-18-5-7-19(32-2)8-6-18/h3-8,13,16H,9-12,14H2,1-2H3,(H,26,30)(H2,25,27,31). The molecule has 9 heteroatoms. The van der Waals surface area contributed by atoms with Crippen LogP contribution >= 0.6 is 0 Å². The van der Waals surface area contributed by atoms with E-state index in [-0.39, 0.29) is 24.3 Å².